The van der Waals surface area contributed by atoms with Gasteiger partial charge in [0.1, 0.15) is 53.2 Å². The van der Waals surface area contributed by atoms with Gasteiger partial charge in [-0.05, 0) is 80.5 Å². The summed E-state index contributed by atoms with van der Waals surface area (Å²) in [6, 6.07) is 15.8. The average molecular weight is 859 g/mol. The van der Waals surface area contributed by atoms with Gasteiger partial charge in [0.15, 0.2) is 0 Å². The van der Waals surface area contributed by atoms with Crippen LogP contribution in [0.15, 0.2) is 61.2 Å². The number of hydrogen-bond acceptors (Lipinski definition) is 13. The summed E-state index contributed by atoms with van der Waals surface area (Å²) < 4.78 is 16.6. The van der Waals surface area contributed by atoms with E-state index in [-0.39, 0.29) is 37.7 Å². The third-order valence-corrected chi connectivity index (χ3v) is 12.9. The van der Waals surface area contributed by atoms with Crippen LogP contribution in [0.3, 0.4) is 0 Å². The number of nitrogens with two attached hydrogens (primary N) is 2. The number of anilines is 6. The largest absolute Gasteiger partial charge is 0.497 e. The highest BCUT2D eigenvalue weighted by Gasteiger charge is 2.51. The van der Waals surface area contributed by atoms with Gasteiger partial charge < -0.3 is 46.5 Å². The molecule has 2 spiro atoms. The maximum absolute atomic E-state index is 13.9. The number of carbonyl (C=O) groups is 2. The van der Waals surface area contributed by atoms with Crippen LogP contribution in [0.1, 0.15) is 128 Å². The van der Waals surface area contributed by atoms with Crippen molar-refractivity contribution < 1.29 is 23.8 Å². The number of nitrogens with one attached hydrogen (secondary N) is 3. The minimum Gasteiger partial charge on any atom is -0.497 e. The number of ether oxygens (including phenoxy) is 3. The second-order valence-corrected chi connectivity index (χ2v) is 16.3. The molecule has 2 amide bonds. The van der Waals surface area contributed by atoms with Gasteiger partial charge in [-0.25, -0.2) is 19.9 Å². The Hall–Kier alpha value is -6.64. The van der Waals surface area contributed by atoms with Gasteiger partial charge >= 0.3 is 0 Å². The van der Waals surface area contributed by atoms with Crippen molar-refractivity contribution in [2.24, 2.45) is 0 Å². The number of rotatable bonds is 9. The Morgan fingerprint density at radius 3 is 1.70 bits per heavy atom. The number of hydrogen-bond donors (Lipinski definition) is 5. The standard InChI is InChI=1S/C27H31N5O3.C19H23N5O2.2CH4/c1-17-24(28)29-16-30-25(17)31-19-13-21-23(22(14-19)35-3)26(33)32(27(21)11-5-4-6-12-27)15-18-7-9-20(34-2)10-8-18;1-11-16(20)21-10-22-17(11)23-12-8-13-15(14(9-12)26-2)18(25)24-19(13)6-4-3-5-7-19;;/h7-10,13-14,16H,4-6,11-12,15H2,1-3H3,(H3,28,29,30,31);8-10H,3-7H2,1-2H3,(H,24,25)(H3,20,21,22,23);2*1H4. The minimum absolute atomic E-state index is 0. The van der Waals surface area contributed by atoms with Gasteiger partial charge in [0.05, 0.1) is 43.5 Å². The van der Waals surface area contributed by atoms with Gasteiger partial charge in [-0.15, -0.1) is 0 Å². The summed E-state index contributed by atoms with van der Waals surface area (Å²) in [5.74, 6) is 4.07. The van der Waals surface area contributed by atoms with E-state index in [1.54, 1.807) is 21.3 Å². The number of fused-ring (bicyclic) bond motifs is 4. The molecule has 2 saturated carbocycles. The molecule has 5 aromatic rings. The van der Waals surface area contributed by atoms with Crippen molar-refractivity contribution in [1.82, 2.24) is 30.2 Å². The molecule has 0 radical (unpaired) electrons. The van der Waals surface area contributed by atoms with Crippen LogP contribution in [0.5, 0.6) is 17.2 Å². The van der Waals surface area contributed by atoms with Crippen LogP contribution >= 0.6 is 0 Å². The van der Waals surface area contributed by atoms with E-state index in [4.69, 9.17) is 25.7 Å². The molecule has 0 atom stereocenters. The zero-order valence-corrected chi connectivity index (χ0v) is 35.5. The first-order chi connectivity index (χ1) is 29.5. The van der Waals surface area contributed by atoms with Gasteiger partial charge in [-0.1, -0.05) is 65.5 Å². The molecule has 2 aromatic heterocycles. The van der Waals surface area contributed by atoms with E-state index >= 15 is 0 Å². The Bertz CT molecular complexity index is 2460. The van der Waals surface area contributed by atoms with Crippen LogP contribution in [0.4, 0.5) is 34.6 Å². The highest BCUT2D eigenvalue weighted by atomic mass is 16.5. The van der Waals surface area contributed by atoms with Crippen molar-refractivity contribution >= 4 is 46.5 Å². The average Bonchev–Trinajstić information content (AvgIpc) is 3.66. The summed E-state index contributed by atoms with van der Waals surface area (Å²) >= 11 is 0. The number of amides is 2. The summed E-state index contributed by atoms with van der Waals surface area (Å²) in [7, 11) is 4.86. The molecule has 334 valence electrons. The summed E-state index contributed by atoms with van der Waals surface area (Å²) in [6.07, 6.45) is 13.4. The smallest absolute Gasteiger partial charge is 0.259 e. The first-order valence-corrected chi connectivity index (χ1v) is 20.9. The normalized spacial score (nSPS) is 16.4. The molecule has 15 heteroatoms. The second-order valence-electron chi connectivity index (χ2n) is 16.3. The van der Waals surface area contributed by atoms with E-state index in [2.05, 4.69) is 46.9 Å². The molecular weight excluding hydrogens is 797 g/mol. The predicted octanol–water partition coefficient (Wildman–Crippen LogP) is 9.24. The SMILES string of the molecule is C.C.COc1cc(Nc2ncnc(N)c2C)cc2c1C(=O)NC21CCCCC1.COc1ccc(CN2C(=O)c3c(OC)cc(Nc4ncnc(N)c4C)cc3C23CCCCC3)cc1. The van der Waals surface area contributed by atoms with Crippen LogP contribution in [0.25, 0.3) is 0 Å². The molecule has 4 heterocycles. The molecular formula is C48H62N10O5. The Kier molecular flexibility index (Phi) is 13.7. The van der Waals surface area contributed by atoms with Crippen LogP contribution in [-0.4, -0.2) is 58.0 Å². The Balaban J connectivity index is 0.000000211. The molecule has 2 aliphatic heterocycles. The zero-order valence-electron chi connectivity index (χ0n) is 35.5. The maximum Gasteiger partial charge on any atom is 0.259 e. The van der Waals surface area contributed by atoms with E-state index < -0.39 is 0 Å². The number of nitrogens with zero attached hydrogens (tertiary/aromatic N) is 5. The number of methoxy groups -OCH3 is 3. The lowest BCUT2D eigenvalue weighted by Crippen LogP contribution is -2.44. The zero-order chi connectivity index (χ0) is 42.9. The quantitative estimate of drug-likeness (QED) is 0.0939. The molecule has 9 rings (SSSR count). The van der Waals surface area contributed by atoms with Gasteiger partial charge in [0.2, 0.25) is 0 Å². The molecule has 2 fully saturated rings. The second kappa shape index (κ2) is 18.8. The Morgan fingerprint density at radius 2 is 1.17 bits per heavy atom. The molecule has 7 N–H and O–H groups in total. The topological polar surface area (TPSA) is 205 Å². The van der Waals surface area contributed by atoms with Crippen molar-refractivity contribution in [2.75, 3.05) is 43.4 Å². The lowest BCUT2D eigenvalue weighted by Gasteiger charge is -2.42. The molecule has 0 saturated heterocycles. The fraction of sp³-hybridized carbons (Fsp3) is 0.417. The number of carbonyl (C=O) groups excluding carboxylic acids is 2. The molecule has 15 nitrogen and oxygen atoms in total. The van der Waals surface area contributed by atoms with Crippen molar-refractivity contribution in [2.45, 2.75) is 111 Å². The number of benzene rings is 3. The van der Waals surface area contributed by atoms with Crippen LogP contribution in [-0.2, 0) is 17.6 Å². The monoisotopic (exact) mass is 858 g/mol. The third kappa shape index (κ3) is 8.48. The van der Waals surface area contributed by atoms with Crippen LogP contribution < -0.4 is 41.6 Å². The molecule has 3 aromatic carbocycles. The fourth-order valence-corrected chi connectivity index (χ4v) is 9.53. The highest BCUT2D eigenvalue weighted by molar-refractivity contribution is 6.04. The third-order valence-electron chi connectivity index (χ3n) is 12.9. The maximum atomic E-state index is 13.9. The summed E-state index contributed by atoms with van der Waals surface area (Å²) in [5.41, 5.74) is 18.8. The summed E-state index contributed by atoms with van der Waals surface area (Å²) in [5, 5.41) is 9.91. The lowest BCUT2D eigenvalue weighted by atomic mass is 9.76. The molecule has 2 aliphatic carbocycles. The lowest BCUT2D eigenvalue weighted by molar-refractivity contribution is 0.0386. The van der Waals surface area contributed by atoms with Crippen LogP contribution in [0.2, 0.25) is 0 Å². The van der Waals surface area contributed by atoms with E-state index in [0.29, 0.717) is 52.4 Å². The minimum atomic E-state index is -0.366. The fourth-order valence-electron chi connectivity index (χ4n) is 9.53. The molecule has 63 heavy (non-hydrogen) atoms. The first-order valence-electron chi connectivity index (χ1n) is 20.9. The number of aromatic nitrogens is 4. The van der Waals surface area contributed by atoms with E-state index in [0.717, 1.165) is 96.3 Å². The predicted molar refractivity (Wildman–Crippen MR) is 248 cm³/mol. The van der Waals surface area contributed by atoms with E-state index in [1.165, 1.54) is 25.5 Å². The van der Waals surface area contributed by atoms with Gasteiger partial charge in [-0.2, -0.15) is 0 Å². The van der Waals surface area contributed by atoms with E-state index in [1.807, 2.05) is 56.3 Å². The summed E-state index contributed by atoms with van der Waals surface area (Å²) in [4.78, 5) is 45.3. The molecule has 4 aliphatic rings. The summed E-state index contributed by atoms with van der Waals surface area (Å²) in [6.45, 7) is 4.28. The Labute approximate surface area is 370 Å². The first kappa shape index (κ1) is 45.9. The highest BCUT2D eigenvalue weighted by Crippen LogP contribution is 2.53. The van der Waals surface area contributed by atoms with Gasteiger partial charge in [0.25, 0.3) is 11.8 Å². The molecule has 0 bridgehead atoms. The van der Waals surface area contributed by atoms with Gasteiger partial charge in [-0.3, -0.25) is 9.59 Å². The van der Waals surface area contributed by atoms with Crippen LogP contribution in [0, 0.1) is 13.8 Å². The van der Waals surface area contributed by atoms with Crippen molar-refractivity contribution in [3.05, 3.63) is 100 Å². The van der Waals surface area contributed by atoms with E-state index in [9.17, 15) is 9.59 Å². The van der Waals surface area contributed by atoms with Crippen molar-refractivity contribution in [3.63, 3.8) is 0 Å². The van der Waals surface area contributed by atoms with Gasteiger partial charge in [0, 0.05) is 41.2 Å². The molecule has 0 unspecified atom stereocenters. The van der Waals surface area contributed by atoms with Crippen molar-refractivity contribution in [3.8, 4) is 17.2 Å². The number of nitrogen functional groups attached to an aromatic ring is 2. The Morgan fingerprint density at radius 1 is 0.667 bits per heavy atom. The van der Waals surface area contributed by atoms with Crippen molar-refractivity contribution in [1.29, 1.82) is 0 Å².